The second kappa shape index (κ2) is 4.96. The van der Waals surface area contributed by atoms with Gasteiger partial charge in [-0.3, -0.25) is 0 Å². The monoisotopic (exact) mass is 238 g/mol. The van der Waals surface area contributed by atoms with Crippen molar-refractivity contribution in [1.29, 1.82) is 0 Å². The van der Waals surface area contributed by atoms with Gasteiger partial charge in [0.25, 0.3) is 0 Å². The summed E-state index contributed by atoms with van der Waals surface area (Å²) in [5.41, 5.74) is 7.39. The molecule has 16 heavy (non-hydrogen) atoms. The lowest BCUT2D eigenvalue weighted by atomic mass is 9.87. The molecule has 88 valence electrons. The first-order valence-corrected chi connectivity index (χ1v) is 6.34. The molecule has 0 unspecified atom stereocenters. The van der Waals surface area contributed by atoms with Crippen molar-refractivity contribution in [2.75, 3.05) is 11.1 Å². The summed E-state index contributed by atoms with van der Waals surface area (Å²) >= 11 is 6.13. The molecule has 3 N–H and O–H groups in total. The van der Waals surface area contributed by atoms with Crippen LogP contribution in [0.4, 0.5) is 11.4 Å². The standard InChI is InChI=1S/C13H19ClN2/c1-9-2-5-11(6-3-9)16-13-7-4-10(15)8-12(13)14/h4,7-9,11,16H,2-3,5-6,15H2,1H3. The van der Waals surface area contributed by atoms with Crippen molar-refractivity contribution in [3.05, 3.63) is 23.2 Å². The molecule has 0 atom stereocenters. The van der Waals surface area contributed by atoms with Crippen LogP contribution in [0, 0.1) is 5.92 Å². The van der Waals surface area contributed by atoms with Crippen LogP contribution in [0.2, 0.25) is 5.02 Å². The first kappa shape index (κ1) is 11.6. The van der Waals surface area contributed by atoms with Crippen LogP contribution in [0.25, 0.3) is 0 Å². The molecule has 1 fully saturated rings. The minimum Gasteiger partial charge on any atom is -0.399 e. The van der Waals surface area contributed by atoms with Gasteiger partial charge in [0, 0.05) is 11.7 Å². The lowest BCUT2D eigenvalue weighted by Gasteiger charge is -2.28. The Bertz CT molecular complexity index is 357. The number of hydrogen-bond acceptors (Lipinski definition) is 2. The van der Waals surface area contributed by atoms with E-state index < -0.39 is 0 Å². The fraction of sp³-hybridized carbons (Fsp3) is 0.538. The van der Waals surface area contributed by atoms with Crippen molar-refractivity contribution in [3.63, 3.8) is 0 Å². The van der Waals surface area contributed by atoms with E-state index in [4.69, 9.17) is 17.3 Å². The van der Waals surface area contributed by atoms with Gasteiger partial charge in [0.1, 0.15) is 0 Å². The third kappa shape index (κ3) is 2.82. The smallest absolute Gasteiger partial charge is 0.0658 e. The number of nitrogens with two attached hydrogens (primary N) is 1. The quantitative estimate of drug-likeness (QED) is 0.767. The summed E-state index contributed by atoms with van der Waals surface area (Å²) in [4.78, 5) is 0. The first-order valence-electron chi connectivity index (χ1n) is 5.96. The molecular weight excluding hydrogens is 220 g/mol. The Morgan fingerprint density at radius 1 is 1.25 bits per heavy atom. The van der Waals surface area contributed by atoms with Crippen LogP contribution < -0.4 is 11.1 Å². The number of nitrogen functional groups attached to an aromatic ring is 1. The number of nitrogens with one attached hydrogen (secondary N) is 1. The van der Waals surface area contributed by atoms with E-state index in [0.717, 1.165) is 16.6 Å². The number of anilines is 2. The first-order chi connectivity index (χ1) is 7.65. The van der Waals surface area contributed by atoms with E-state index in [-0.39, 0.29) is 0 Å². The molecule has 0 aromatic heterocycles. The third-order valence-corrected chi connectivity index (χ3v) is 3.68. The average molecular weight is 239 g/mol. The molecule has 0 amide bonds. The number of hydrogen-bond donors (Lipinski definition) is 2. The largest absolute Gasteiger partial charge is 0.399 e. The van der Waals surface area contributed by atoms with Crippen molar-refractivity contribution in [2.24, 2.45) is 5.92 Å². The molecule has 2 rings (SSSR count). The van der Waals surface area contributed by atoms with Crippen LogP contribution in [0.3, 0.4) is 0 Å². The maximum Gasteiger partial charge on any atom is 0.0658 e. The van der Waals surface area contributed by atoms with E-state index in [9.17, 15) is 0 Å². The van der Waals surface area contributed by atoms with Crippen LogP contribution in [-0.4, -0.2) is 6.04 Å². The highest BCUT2D eigenvalue weighted by Crippen LogP contribution is 2.29. The molecule has 3 heteroatoms. The predicted molar refractivity (Wildman–Crippen MR) is 70.9 cm³/mol. The SMILES string of the molecule is CC1CCC(Nc2ccc(N)cc2Cl)CC1. The summed E-state index contributed by atoms with van der Waals surface area (Å²) in [5, 5.41) is 4.23. The van der Waals surface area contributed by atoms with Gasteiger partial charge in [0.15, 0.2) is 0 Å². The summed E-state index contributed by atoms with van der Waals surface area (Å²) in [6.45, 7) is 2.33. The zero-order valence-corrected chi connectivity index (χ0v) is 10.4. The Hall–Kier alpha value is -0.890. The molecule has 1 aliphatic carbocycles. The molecule has 1 saturated carbocycles. The van der Waals surface area contributed by atoms with Crippen molar-refractivity contribution in [3.8, 4) is 0 Å². The van der Waals surface area contributed by atoms with Gasteiger partial charge in [-0.05, 0) is 49.8 Å². The number of halogens is 1. The van der Waals surface area contributed by atoms with Crippen LogP contribution in [0.5, 0.6) is 0 Å². The summed E-state index contributed by atoms with van der Waals surface area (Å²) in [6, 6.07) is 6.22. The number of rotatable bonds is 2. The van der Waals surface area contributed by atoms with E-state index in [1.807, 2.05) is 12.1 Å². The predicted octanol–water partition coefficient (Wildman–Crippen LogP) is 3.91. The Morgan fingerprint density at radius 3 is 2.56 bits per heavy atom. The molecule has 1 aliphatic rings. The van der Waals surface area contributed by atoms with Gasteiger partial charge < -0.3 is 11.1 Å². The van der Waals surface area contributed by atoms with E-state index in [1.165, 1.54) is 25.7 Å². The molecule has 0 bridgehead atoms. The van der Waals surface area contributed by atoms with Crippen molar-refractivity contribution < 1.29 is 0 Å². The Labute approximate surface area is 102 Å². The molecule has 0 radical (unpaired) electrons. The molecule has 1 aromatic carbocycles. The van der Waals surface area contributed by atoms with Gasteiger partial charge in [0.2, 0.25) is 0 Å². The second-order valence-electron chi connectivity index (χ2n) is 4.84. The van der Waals surface area contributed by atoms with E-state index in [0.29, 0.717) is 11.7 Å². The normalized spacial score (nSPS) is 25.4. The van der Waals surface area contributed by atoms with Crippen LogP contribution >= 0.6 is 11.6 Å². The fourth-order valence-electron chi connectivity index (χ4n) is 2.27. The zero-order valence-electron chi connectivity index (χ0n) is 9.67. The second-order valence-corrected chi connectivity index (χ2v) is 5.25. The Kier molecular flexibility index (Phi) is 3.59. The number of benzene rings is 1. The van der Waals surface area contributed by atoms with Gasteiger partial charge >= 0.3 is 0 Å². The van der Waals surface area contributed by atoms with Crippen LogP contribution in [0.1, 0.15) is 32.6 Å². The molecule has 0 aliphatic heterocycles. The van der Waals surface area contributed by atoms with Crippen molar-refractivity contribution in [2.45, 2.75) is 38.6 Å². The van der Waals surface area contributed by atoms with Crippen LogP contribution in [0.15, 0.2) is 18.2 Å². The highest BCUT2D eigenvalue weighted by molar-refractivity contribution is 6.33. The van der Waals surface area contributed by atoms with Crippen molar-refractivity contribution in [1.82, 2.24) is 0 Å². The summed E-state index contributed by atoms with van der Waals surface area (Å²) < 4.78 is 0. The summed E-state index contributed by atoms with van der Waals surface area (Å²) in [5.74, 6) is 0.875. The van der Waals surface area contributed by atoms with Crippen molar-refractivity contribution >= 4 is 23.0 Å². The Balaban J connectivity index is 1.98. The van der Waals surface area contributed by atoms with Gasteiger partial charge in [-0.1, -0.05) is 18.5 Å². The van der Waals surface area contributed by atoms with Gasteiger partial charge in [-0.2, -0.15) is 0 Å². The van der Waals surface area contributed by atoms with E-state index in [2.05, 4.69) is 12.2 Å². The summed E-state index contributed by atoms with van der Waals surface area (Å²) in [7, 11) is 0. The average Bonchev–Trinajstić information content (AvgIpc) is 2.25. The minimum absolute atomic E-state index is 0.567. The van der Waals surface area contributed by atoms with E-state index in [1.54, 1.807) is 6.07 Å². The Morgan fingerprint density at radius 2 is 1.94 bits per heavy atom. The molecule has 0 saturated heterocycles. The topological polar surface area (TPSA) is 38.0 Å². The maximum absolute atomic E-state index is 6.13. The van der Waals surface area contributed by atoms with Crippen LogP contribution in [-0.2, 0) is 0 Å². The zero-order chi connectivity index (χ0) is 11.5. The van der Waals surface area contributed by atoms with E-state index >= 15 is 0 Å². The third-order valence-electron chi connectivity index (χ3n) is 3.37. The minimum atomic E-state index is 0.567. The molecule has 0 spiro atoms. The van der Waals surface area contributed by atoms with Gasteiger partial charge in [-0.15, -0.1) is 0 Å². The van der Waals surface area contributed by atoms with Gasteiger partial charge in [-0.25, -0.2) is 0 Å². The molecule has 2 nitrogen and oxygen atoms in total. The summed E-state index contributed by atoms with van der Waals surface area (Å²) in [6.07, 6.45) is 5.10. The fourth-order valence-corrected chi connectivity index (χ4v) is 2.52. The highest BCUT2D eigenvalue weighted by Gasteiger charge is 2.18. The molecule has 0 heterocycles. The lowest BCUT2D eigenvalue weighted by Crippen LogP contribution is -2.25. The molecular formula is C13H19ClN2. The lowest BCUT2D eigenvalue weighted by molar-refractivity contribution is 0.361. The highest BCUT2D eigenvalue weighted by atomic mass is 35.5. The molecule has 1 aromatic rings. The maximum atomic E-state index is 6.13. The van der Waals surface area contributed by atoms with Gasteiger partial charge in [0.05, 0.1) is 10.7 Å².